The number of carbonyl (C=O) groups excluding carboxylic acids is 1. The van der Waals surface area contributed by atoms with E-state index in [1.54, 1.807) is 18.3 Å². The third-order valence-corrected chi connectivity index (χ3v) is 3.09. The van der Waals surface area contributed by atoms with Gasteiger partial charge in [-0.05, 0) is 31.2 Å². The highest BCUT2D eigenvalue weighted by Crippen LogP contribution is 2.14. The van der Waals surface area contributed by atoms with Crippen molar-refractivity contribution in [3.8, 4) is 5.88 Å². The molecule has 0 unspecified atom stereocenters. The maximum Gasteiger partial charge on any atom is 0.257 e. The molecule has 7 heteroatoms. The fraction of sp³-hybridized carbons (Fsp3) is 0.200. The summed E-state index contributed by atoms with van der Waals surface area (Å²) in [4.78, 5) is 16.4. The van der Waals surface area contributed by atoms with E-state index in [9.17, 15) is 4.79 Å². The average Bonchev–Trinajstić information content (AvgIpc) is 2.97. The Kier molecular flexibility index (Phi) is 3.95. The van der Waals surface area contributed by atoms with Gasteiger partial charge in [0.25, 0.3) is 5.91 Å². The fourth-order valence-electron chi connectivity index (χ4n) is 2.08. The van der Waals surface area contributed by atoms with Gasteiger partial charge in [0.1, 0.15) is 5.56 Å². The van der Waals surface area contributed by atoms with E-state index in [2.05, 4.69) is 20.5 Å². The number of rotatable bonds is 5. The summed E-state index contributed by atoms with van der Waals surface area (Å²) in [6.45, 7) is 2.56. The van der Waals surface area contributed by atoms with E-state index < -0.39 is 0 Å². The van der Waals surface area contributed by atoms with E-state index in [0.717, 1.165) is 5.65 Å². The smallest absolute Gasteiger partial charge is 0.257 e. The number of carbonyl (C=O) groups is 1. The summed E-state index contributed by atoms with van der Waals surface area (Å²) in [7, 11) is 0. The second-order valence-corrected chi connectivity index (χ2v) is 4.52. The summed E-state index contributed by atoms with van der Waals surface area (Å²) < 4.78 is 7.19. The summed E-state index contributed by atoms with van der Waals surface area (Å²) in [6, 6.07) is 9.00. The predicted octanol–water partition coefficient (Wildman–Crippen LogP) is 1.45. The maximum absolute atomic E-state index is 12.3. The lowest BCUT2D eigenvalue weighted by Gasteiger charge is -2.08. The number of fused-ring (bicyclic) bond motifs is 1. The lowest BCUT2D eigenvalue weighted by molar-refractivity contribution is 0.0945. The third-order valence-electron chi connectivity index (χ3n) is 3.09. The first-order valence-electron chi connectivity index (χ1n) is 6.94. The second kappa shape index (κ2) is 6.21. The zero-order valence-corrected chi connectivity index (χ0v) is 12.1. The molecule has 0 aromatic carbocycles. The Morgan fingerprint density at radius 1 is 1.27 bits per heavy atom. The van der Waals surface area contributed by atoms with E-state index in [-0.39, 0.29) is 12.5 Å². The number of nitrogens with one attached hydrogen (secondary N) is 1. The van der Waals surface area contributed by atoms with E-state index in [4.69, 9.17) is 4.74 Å². The van der Waals surface area contributed by atoms with Gasteiger partial charge in [0, 0.05) is 12.4 Å². The van der Waals surface area contributed by atoms with Crippen LogP contribution in [-0.2, 0) is 6.54 Å². The average molecular weight is 297 g/mol. The Hall–Kier alpha value is -2.96. The van der Waals surface area contributed by atoms with Crippen molar-refractivity contribution in [1.82, 2.24) is 24.9 Å². The van der Waals surface area contributed by atoms with Gasteiger partial charge in [0.05, 0.1) is 13.2 Å². The van der Waals surface area contributed by atoms with Crippen LogP contribution in [0.3, 0.4) is 0 Å². The van der Waals surface area contributed by atoms with Gasteiger partial charge in [-0.15, -0.1) is 10.2 Å². The van der Waals surface area contributed by atoms with E-state index in [0.29, 0.717) is 23.9 Å². The molecule has 1 N–H and O–H groups in total. The van der Waals surface area contributed by atoms with Gasteiger partial charge < -0.3 is 10.1 Å². The van der Waals surface area contributed by atoms with Crippen LogP contribution in [0.5, 0.6) is 5.88 Å². The Labute approximate surface area is 127 Å². The Morgan fingerprint density at radius 3 is 3.05 bits per heavy atom. The highest BCUT2D eigenvalue weighted by Gasteiger charge is 2.14. The molecular formula is C15H15N5O2. The number of nitrogens with zero attached hydrogens (tertiary/aromatic N) is 4. The van der Waals surface area contributed by atoms with Gasteiger partial charge in [0.15, 0.2) is 11.5 Å². The van der Waals surface area contributed by atoms with Crippen molar-refractivity contribution in [2.75, 3.05) is 6.61 Å². The molecule has 7 nitrogen and oxygen atoms in total. The molecule has 22 heavy (non-hydrogen) atoms. The summed E-state index contributed by atoms with van der Waals surface area (Å²) in [5.41, 5.74) is 1.14. The van der Waals surface area contributed by atoms with Crippen LogP contribution in [0.4, 0.5) is 0 Å². The van der Waals surface area contributed by atoms with Crippen LogP contribution in [-0.4, -0.2) is 32.1 Å². The largest absolute Gasteiger partial charge is 0.477 e. The minimum atomic E-state index is -0.260. The van der Waals surface area contributed by atoms with Crippen LogP contribution in [0.25, 0.3) is 5.65 Å². The molecule has 1 amide bonds. The normalized spacial score (nSPS) is 10.6. The number of aromatic nitrogens is 4. The van der Waals surface area contributed by atoms with Crippen molar-refractivity contribution >= 4 is 11.6 Å². The zero-order chi connectivity index (χ0) is 15.4. The lowest BCUT2D eigenvalue weighted by atomic mass is 10.2. The monoisotopic (exact) mass is 297 g/mol. The van der Waals surface area contributed by atoms with Gasteiger partial charge >= 0.3 is 0 Å². The van der Waals surface area contributed by atoms with Crippen molar-refractivity contribution in [3.63, 3.8) is 0 Å². The van der Waals surface area contributed by atoms with Crippen LogP contribution in [0.1, 0.15) is 23.1 Å². The molecule has 3 heterocycles. The van der Waals surface area contributed by atoms with Crippen molar-refractivity contribution < 1.29 is 9.53 Å². The summed E-state index contributed by atoms with van der Waals surface area (Å²) >= 11 is 0. The molecule has 0 bridgehead atoms. The molecule has 0 aliphatic rings. The minimum Gasteiger partial charge on any atom is -0.477 e. The van der Waals surface area contributed by atoms with Crippen molar-refractivity contribution in [1.29, 1.82) is 0 Å². The molecule has 0 radical (unpaired) electrons. The lowest BCUT2D eigenvalue weighted by Crippen LogP contribution is -2.24. The van der Waals surface area contributed by atoms with Gasteiger partial charge in [-0.25, -0.2) is 4.98 Å². The van der Waals surface area contributed by atoms with Crippen molar-refractivity contribution in [3.05, 3.63) is 54.1 Å². The molecule has 3 aromatic rings. The molecule has 0 atom stereocenters. The van der Waals surface area contributed by atoms with Crippen LogP contribution in [0.2, 0.25) is 0 Å². The molecule has 0 saturated heterocycles. The highest BCUT2D eigenvalue weighted by atomic mass is 16.5. The summed E-state index contributed by atoms with van der Waals surface area (Å²) in [6.07, 6.45) is 3.44. The molecular weight excluding hydrogens is 282 g/mol. The molecule has 0 aliphatic carbocycles. The highest BCUT2D eigenvalue weighted by molar-refractivity contribution is 5.96. The molecule has 0 saturated carbocycles. The SMILES string of the molecule is CCOc1ncccc1C(=O)NCc1nnc2ccccn12. The molecule has 0 aliphatic heterocycles. The van der Waals surface area contributed by atoms with Gasteiger partial charge in [-0.2, -0.15) is 0 Å². The van der Waals surface area contributed by atoms with E-state index in [1.165, 1.54) is 0 Å². The molecule has 3 aromatic heterocycles. The first-order valence-corrected chi connectivity index (χ1v) is 6.94. The van der Waals surface area contributed by atoms with Crippen LogP contribution in [0.15, 0.2) is 42.7 Å². The Morgan fingerprint density at radius 2 is 2.18 bits per heavy atom. The number of pyridine rings is 2. The molecule has 112 valence electrons. The van der Waals surface area contributed by atoms with Crippen LogP contribution >= 0.6 is 0 Å². The maximum atomic E-state index is 12.3. The Balaban J connectivity index is 1.75. The predicted molar refractivity (Wildman–Crippen MR) is 79.6 cm³/mol. The number of hydrogen-bond acceptors (Lipinski definition) is 5. The Bertz CT molecular complexity index is 799. The topological polar surface area (TPSA) is 81.4 Å². The van der Waals surface area contributed by atoms with Crippen LogP contribution in [0, 0.1) is 0 Å². The molecule has 0 fully saturated rings. The van der Waals surface area contributed by atoms with Crippen LogP contribution < -0.4 is 10.1 Å². The van der Waals surface area contributed by atoms with Crippen molar-refractivity contribution in [2.45, 2.75) is 13.5 Å². The second-order valence-electron chi connectivity index (χ2n) is 4.52. The number of ether oxygens (including phenoxy) is 1. The number of hydrogen-bond donors (Lipinski definition) is 1. The zero-order valence-electron chi connectivity index (χ0n) is 12.1. The third kappa shape index (κ3) is 2.73. The van der Waals surface area contributed by atoms with Crippen molar-refractivity contribution in [2.24, 2.45) is 0 Å². The summed E-state index contributed by atoms with van der Waals surface area (Å²) in [5, 5.41) is 10.9. The summed E-state index contributed by atoms with van der Waals surface area (Å²) in [5.74, 6) is 0.726. The fourth-order valence-corrected chi connectivity index (χ4v) is 2.08. The van der Waals surface area contributed by atoms with E-state index >= 15 is 0 Å². The number of amides is 1. The van der Waals surface area contributed by atoms with E-state index in [1.807, 2.05) is 35.7 Å². The molecule has 3 rings (SSSR count). The first-order chi connectivity index (χ1) is 10.8. The molecule has 0 spiro atoms. The van der Waals surface area contributed by atoms with Gasteiger partial charge in [-0.3, -0.25) is 9.20 Å². The van der Waals surface area contributed by atoms with Gasteiger partial charge in [0.2, 0.25) is 5.88 Å². The standard InChI is InChI=1S/C15H15N5O2/c1-2-22-15-11(6-5-8-16-15)14(21)17-10-13-19-18-12-7-3-4-9-20(12)13/h3-9H,2,10H2,1H3,(H,17,21). The first kappa shape index (κ1) is 14.0. The minimum absolute atomic E-state index is 0.260. The van der Waals surface area contributed by atoms with Gasteiger partial charge in [-0.1, -0.05) is 6.07 Å². The quantitative estimate of drug-likeness (QED) is 0.771.